The molecule has 1 aliphatic heterocycles. The summed E-state index contributed by atoms with van der Waals surface area (Å²) in [6.45, 7) is 0.279. The van der Waals surface area contributed by atoms with Gasteiger partial charge in [0.2, 0.25) is 0 Å². The Morgan fingerprint density at radius 1 is 1.20 bits per heavy atom. The lowest BCUT2D eigenvalue weighted by atomic mass is 10.1. The zero-order valence-electron chi connectivity index (χ0n) is 16.1. The molecule has 3 aromatic rings. The van der Waals surface area contributed by atoms with Gasteiger partial charge < -0.3 is 9.64 Å². The second kappa shape index (κ2) is 8.38. The third kappa shape index (κ3) is 4.17. The molecule has 1 saturated heterocycles. The second-order valence-electron chi connectivity index (χ2n) is 7.20. The van der Waals surface area contributed by atoms with E-state index in [0.29, 0.717) is 32.5 Å². The number of carbonyl (C=O) groups is 1. The molecule has 0 bridgehead atoms. The standard InChI is InChI=1S/C21H19Cl2NO4S2/c1-28-15-7-5-13(6-8-15)11-24(14-9-10-30(26,27)12-14)21(25)20-19(23)18-16(22)3-2-4-17(18)29-20/h2-8,14H,9-12H2,1H3. The first-order chi connectivity index (χ1) is 14.3. The number of carbonyl (C=O) groups excluding carboxylic acids is 1. The van der Waals surface area contributed by atoms with E-state index in [-0.39, 0.29) is 24.0 Å². The van der Waals surface area contributed by atoms with E-state index in [2.05, 4.69) is 0 Å². The summed E-state index contributed by atoms with van der Waals surface area (Å²) >= 11 is 14.1. The van der Waals surface area contributed by atoms with Crippen molar-refractivity contribution in [3.63, 3.8) is 0 Å². The van der Waals surface area contributed by atoms with Crippen LogP contribution in [0.5, 0.6) is 5.75 Å². The van der Waals surface area contributed by atoms with Crippen molar-refractivity contribution in [3.8, 4) is 5.75 Å². The Bertz CT molecular complexity index is 1210. The van der Waals surface area contributed by atoms with Crippen LogP contribution in [0.4, 0.5) is 0 Å². The molecule has 2 aromatic carbocycles. The van der Waals surface area contributed by atoms with E-state index >= 15 is 0 Å². The van der Waals surface area contributed by atoms with E-state index in [4.69, 9.17) is 27.9 Å². The summed E-state index contributed by atoms with van der Waals surface area (Å²) < 4.78 is 30.2. The third-order valence-corrected chi connectivity index (χ3v) is 8.92. The molecule has 9 heteroatoms. The predicted molar refractivity (Wildman–Crippen MR) is 122 cm³/mol. The molecule has 1 atom stereocenters. The average Bonchev–Trinajstić information content (AvgIpc) is 3.26. The lowest BCUT2D eigenvalue weighted by molar-refractivity contribution is 0.0686. The number of sulfone groups is 1. The number of amides is 1. The van der Waals surface area contributed by atoms with Gasteiger partial charge >= 0.3 is 0 Å². The Kier molecular flexibility index (Phi) is 5.99. The van der Waals surface area contributed by atoms with E-state index in [1.165, 1.54) is 11.3 Å². The zero-order valence-corrected chi connectivity index (χ0v) is 19.2. The van der Waals surface area contributed by atoms with Crippen LogP contribution < -0.4 is 4.74 Å². The highest BCUT2D eigenvalue weighted by Gasteiger charge is 2.36. The van der Waals surface area contributed by atoms with Gasteiger partial charge in [0, 0.05) is 22.7 Å². The molecule has 30 heavy (non-hydrogen) atoms. The lowest BCUT2D eigenvalue weighted by Crippen LogP contribution is -2.40. The van der Waals surface area contributed by atoms with Crippen LogP contribution in [-0.4, -0.2) is 43.9 Å². The van der Waals surface area contributed by atoms with Crippen molar-refractivity contribution < 1.29 is 17.9 Å². The summed E-state index contributed by atoms with van der Waals surface area (Å²) in [5, 5.41) is 1.45. The normalized spacial score (nSPS) is 17.9. The topological polar surface area (TPSA) is 63.7 Å². The predicted octanol–water partition coefficient (Wildman–Crippen LogP) is 5.05. The molecule has 1 aromatic heterocycles. The third-order valence-electron chi connectivity index (χ3n) is 5.22. The fraction of sp³-hybridized carbons (Fsp3) is 0.286. The number of nitrogens with zero attached hydrogens (tertiary/aromatic N) is 1. The maximum absolute atomic E-state index is 13.6. The fourth-order valence-electron chi connectivity index (χ4n) is 3.65. The molecule has 2 heterocycles. The molecule has 0 saturated carbocycles. The molecule has 0 spiro atoms. The molecule has 5 nitrogen and oxygen atoms in total. The molecule has 0 aliphatic carbocycles. The maximum atomic E-state index is 13.6. The van der Waals surface area contributed by atoms with Crippen LogP contribution in [0.1, 0.15) is 21.7 Å². The first-order valence-electron chi connectivity index (χ1n) is 9.30. The van der Waals surface area contributed by atoms with Crippen LogP contribution >= 0.6 is 34.5 Å². The minimum Gasteiger partial charge on any atom is -0.497 e. The molecule has 1 unspecified atom stereocenters. The van der Waals surface area contributed by atoms with E-state index in [9.17, 15) is 13.2 Å². The van der Waals surface area contributed by atoms with E-state index < -0.39 is 15.9 Å². The van der Waals surface area contributed by atoms with Crippen LogP contribution in [0.25, 0.3) is 10.1 Å². The average molecular weight is 484 g/mol. The Labute approximate surface area is 189 Å². The van der Waals surface area contributed by atoms with Crippen molar-refractivity contribution in [2.24, 2.45) is 0 Å². The van der Waals surface area contributed by atoms with Gasteiger partial charge in [-0.1, -0.05) is 41.4 Å². The van der Waals surface area contributed by atoms with Crippen molar-refractivity contribution in [1.82, 2.24) is 4.90 Å². The van der Waals surface area contributed by atoms with Crippen molar-refractivity contribution in [2.45, 2.75) is 19.0 Å². The summed E-state index contributed by atoms with van der Waals surface area (Å²) in [6, 6.07) is 12.4. The van der Waals surface area contributed by atoms with Gasteiger partial charge in [-0.05, 0) is 36.2 Å². The summed E-state index contributed by atoms with van der Waals surface area (Å²) in [5.74, 6) is 0.464. The number of rotatable bonds is 5. The molecule has 4 rings (SSSR count). The number of hydrogen-bond donors (Lipinski definition) is 0. The number of ether oxygens (including phenoxy) is 1. The molecular formula is C21H19Cl2NO4S2. The fourth-order valence-corrected chi connectivity index (χ4v) is 7.29. The van der Waals surface area contributed by atoms with Gasteiger partial charge in [-0.2, -0.15) is 0 Å². The molecule has 0 radical (unpaired) electrons. The van der Waals surface area contributed by atoms with Gasteiger partial charge in [0.1, 0.15) is 10.6 Å². The number of methoxy groups -OCH3 is 1. The lowest BCUT2D eigenvalue weighted by Gasteiger charge is -2.28. The van der Waals surface area contributed by atoms with Gasteiger partial charge in [-0.15, -0.1) is 11.3 Å². The molecule has 1 fully saturated rings. The van der Waals surface area contributed by atoms with E-state index in [1.54, 1.807) is 18.1 Å². The Hall–Kier alpha value is -1.80. The summed E-state index contributed by atoms with van der Waals surface area (Å²) in [7, 11) is -1.58. The Morgan fingerprint density at radius 3 is 2.53 bits per heavy atom. The quantitative estimate of drug-likeness (QED) is 0.509. The van der Waals surface area contributed by atoms with Crippen LogP contribution in [0.2, 0.25) is 10.0 Å². The zero-order chi connectivity index (χ0) is 21.5. The molecule has 158 valence electrons. The molecular weight excluding hydrogens is 465 g/mol. The number of thiophene rings is 1. The molecule has 1 amide bonds. The van der Waals surface area contributed by atoms with Gasteiger partial charge in [0.25, 0.3) is 5.91 Å². The van der Waals surface area contributed by atoms with Crippen molar-refractivity contribution in [1.29, 1.82) is 0 Å². The van der Waals surface area contributed by atoms with Crippen molar-refractivity contribution >= 4 is 60.4 Å². The number of halogens is 2. The summed E-state index contributed by atoms with van der Waals surface area (Å²) in [4.78, 5) is 15.6. The van der Waals surface area contributed by atoms with Crippen molar-refractivity contribution in [2.75, 3.05) is 18.6 Å². The van der Waals surface area contributed by atoms with E-state index in [0.717, 1.165) is 10.3 Å². The van der Waals surface area contributed by atoms with Crippen LogP contribution in [0, 0.1) is 0 Å². The minimum atomic E-state index is -3.17. The van der Waals surface area contributed by atoms with Crippen LogP contribution in [0.15, 0.2) is 42.5 Å². The summed E-state index contributed by atoms with van der Waals surface area (Å²) in [5.41, 5.74) is 0.878. The van der Waals surface area contributed by atoms with Gasteiger partial charge in [0.15, 0.2) is 9.84 Å². The number of benzene rings is 2. The highest BCUT2D eigenvalue weighted by molar-refractivity contribution is 7.91. The van der Waals surface area contributed by atoms with E-state index in [1.807, 2.05) is 36.4 Å². The van der Waals surface area contributed by atoms with Crippen molar-refractivity contribution in [3.05, 3.63) is 63.0 Å². The van der Waals surface area contributed by atoms with Gasteiger partial charge in [0.05, 0.1) is 28.7 Å². The molecule has 0 N–H and O–H groups in total. The number of hydrogen-bond acceptors (Lipinski definition) is 5. The number of fused-ring (bicyclic) bond motifs is 1. The van der Waals surface area contributed by atoms with Gasteiger partial charge in [-0.25, -0.2) is 8.42 Å². The largest absolute Gasteiger partial charge is 0.497 e. The first kappa shape index (κ1) is 21.4. The van der Waals surface area contributed by atoms with Crippen LogP contribution in [0.3, 0.4) is 0 Å². The Balaban J connectivity index is 1.72. The highest BCUT2D eigenvalue weighted by atomic mass is 35.5. The van der Waals surface area contributed by atoms with Crippen LogP contribution in [-0.2, 0) is 16.4 Å². The smallest absolute Gasteiger partial charge is 0.266 e. The van der Waals surface area contributed by atoms with Gasteiger partial charge in [-0.3, -0.25) is 4.79 Å². The first-order valence-corrected chi connectivity index (χ1v) is 12.7. The minimum absolute atomic E-state index is 0.0435. The second-order valence-corrected chi connectivity index (χ2v) is 11.3. The maximum Gasteiger partial charge on any atom is 0.266 e. The molecule has 1 aliphatic rings. The SMILES string of the molecule is COc1ccc(CN(C(=O)c2sc3cccc(Cl)c3c2Cl)C2CCS(=O)(=O)C2)cc1. The summed E-state index contributed by atoms with van der Waals surface area (Å²) in [6.07, 6.45) is 0.410. The Morgan fingerprint density at radius 2 is 1.93 bits per heavy atom. The monoisotopic (exact) mass is 483 g/mol. The highest BCUT2D eigenvalue weighted by Crippen LogP contribution is 2.40.